The van der Waals surface area contributed by atoms with Gasteiger partial charge in [-0.3, -0.25) is 4.79 Å². The highest BCUT2D eigenvalue weighted by molar-refractivity contribution is 5.73. The zero-order chi connectivity index (χ0) is 10.2. The highest BCUT2D eigenvalue weighted by atomic mass is 16.5. The summed E-state index contributed by atoms with van der Waals surface area (Å²) in [7, 11) is 0. The van der Waals surface area contributed by atoms with Gasteiger partial charge in [0, 0.05) is 5.41 Å². The minimum atomic E-state index is -0.893. The van der Waals surface area contributed by atoms with E-state index in [0.717, 1.165) is 0 Å². The molecule has 2 fully saturated rings. The molecule has 1 unspecified atom stereocenters. The van der Waals surface area contributed by atoms with Crippen molar-refractivity contribution in [3.8, 4) is 0 Å². The molecule has 0 aromatic carbocycles. The van der Waals surface area contributed by atoms with Crippen LogP contribution in [0.4, 0.5) is 0 Å². The quantitative estimate of drug-likeness (QED) is 0.695. The Morgan fingerprint density at radius 3 is 2.50 bits per heavy atom. The van der Waals surface area contributed by atoms with Crippen molar-refractivity contribution >= 4 is 5.97 Å². The maximum absolute atomic E-state index is 10.7. The first-order valence-corrected chi connectivity index (χ1v) is 5.20. The van der Waals surface area contributed by atoms with Crippen LogP contribution < -0.4 is 5.73 Å². The Labute approximate surface area is 83.4 Å². The number of nitrogens with two attached hydrogens (primary N) is 1. The molecule has 14 heavy (non-hydrogen) atoms. The molecule has 0 radical (unpaired) electrons. The maximum atomic E-state index is 10.7. The first kappa shape index (κ1) is 9.93. The second-order valence-electron chi connectivity index (χ2n) is 4.63. The second kappa shape index (κ2) is 3.51. The normalized spacial score (nSPS) is 27.5. The summed E-state index contributed by atoms with van der Waals surface area (Å²) in [5.41, 5.74) is 5.67. The van der Waals surface area contributed by atoms with E-state index in [0.29, 0.717) is 25.6 Å². The van der Waals surface area contributed by atoms with Crippen molar-refractivity contribution in [2.45, 2.75) is 31.7 Å². The summed E-state index contributed by atoms with van der Waals surface area (Å²) >= 11 is 0. The van der Waals surface area contributed by atoms with Crippen LogP contribution in [0.1, 0.15) is 25.7 Å². The lowest BCUT2D eigenvalue weighted by atomic mass is 9.61. The van der Waals surface area contributed by atoms with Crippen LogP contribution in [0.15, 0.2) is 0 Å². The van der Waals surface area contributed by atoms with Gasteiger partial charge in [-0.1, -0.05) is 6.42 Å². The predicted octanol–water partition coefficient (Wildman–Crippen LogP) is 0.605. The van der Waals surface area contributed by atoms with E-state index >= 15 is 0 Å². The van der Waals surface area contributed by atoms with Crippen molar-refractivity contribution in [1.82, 2.24) is 0 Å². The molecule has 2 rings (SSSR count). The van der Waals surface area contributed by atoms with Crippen LogP contribution in [-0.4, -0.2) is 30.3 Å². The molecule has 80 valence electrons. The molecule has 2 aliphatic rings. The topological polar surface area (TPSA) is 72.5 Å². The number of hydrogen-bond acceptors (Lipinski definition) is 3. The van der Waals surface area contributed by atoms with E-state index in [4.69, 9.17) is 15.6 Å². The third-order valence-corrected chi connectivity index (χ3v) is 3.69. The lowest BCUT2D eigenvalue weighted by molar-refractivity contribution is -0.173. The Balaban J connectivity index is 1.94. The average Bonchev–Trinajstić information content (AvgIpc) is 1.96. The minimum absolute atomic E-state index is 0.0933. The van der Waals surface area contributed by atoms with Gasteiger partial charge in [0.1, 0.15) is 6.04 Å². The number of rotatable bonds is 4. The third kappa shape index (κ3) is 1.53. The highest BCUT2D eigenvalue weighted by Crippen LogP contribution is 2.49. The van der Waals surface area contributed by atoms with Crippen molar-refractivity contribution in [2.24, 2.45) is 17.1 Å². The molecule has 4 nitrogen and oxygen atoms in total. The molecule has 0 spiro atoms. The largest absolute Gasteiger partial charge is 0.480 e. The number of hydrogen-bond donors (Lipinski definition) is 2. The van der Waals surface area contributed by atoms with Crippen molar-refractivity contribution in [1.29, 1.82) is 0 Å². The molecule has 1 atom stereocenters. The molecule has 3 N–H and O–H groups in total. The van der Waals surface area contributed by atoms with Gasteiger partial charge in [-0.2, -0.15) is 0 Å². The standard InChI is InChI=1S/C10H17NO3/c11-8(9(12)13)4-10(5-14-6-10)7-2-1-3-7/h7-8H,1-6,11H2,(H,12,13). The number of carboxylic acids is 1. The second-order valence-corrected chi connectivity index (χ2v) is 4.63. The van der Waals surface area contributed by atoms with Gasteiger partial charge in [0.2, 0.25) is 0 Å². The van der Waals surface area contributed by atoms with Gasteiger partial charge in [0.05, 0.1) is 13.2 Å². The first-order chi connectivity index (χ1) is 6.64. The fourth-order valence-electron chi connectivity index (χ4n) is 2.43. The predicted molar refractivity (Wildman–Crippen MR) is 50.8 cm³/mol. The van der Waals surface area contributed by atoms with E-state index in [9.17, 15) is 4.79 Å². The Hall–Kier alpha value is -0.610. The van der Waals surface area contributed by atoms with Gasteiger partial charge < -0.3 is 15.6 Å². The van der Waals surface area contributed by atoms with Crippen LogP contribution >= 0.6 is 0 Å². The molecule has 1 aliphatic heterocycles. The fraction of sp³-hybridized carbons (Fsp3) is 0.900. The van der Waals surface area contributed by atoms with E-state index in [2.05, 4.69) is 0 Å². The lowest BCUT2D eigenvalue weighted by Gasteiger charge is -2.51. The molecule has 0 bridgehead atoms. The third-order valence-electron chi connectivity index (χ3n) is 3.69. The summed E-state index contributed by atoms with van der Waals surface area (Å²) in [4.78, 5) is 10.7. The Morgan fingerprint density at radius 2 is 2.21 bits per heavy atom. The number of carbonyl (C=O) groups is 1. The van der Waals surface area contributed by atoms with Gasteiger partial charge in [-0.05, 0) is 25.2 Å². The monoisotopic (exact) mass is 199 g/mol. The Kier molecular flexibility index (Phi) is 2.49. The smallest absolute Gasteiger partial charge is 0.320 e. The summed E-state index contributed by atoms with van der Waals surface area (Å²) in [6, 6.07) is -0.723. The van der Waals surface area contributed by atoms with Gasteiger partial charge in [-0.15, -0.1) is 0 Å². The molecule has 0 aromatic rings. The zero-order valence-corrected chi connectivity index (χ0v) is 8.24. The average molecular weight is 199 g/mol. The summed E-state index contributed by atoms with van der Waals surface area (Å²) in [6.07, 6.45) is 4.28. The van der Waals surface area contributed by atoms with Crippen LogP contribution in [0.3, 0.4) is 0 Å². The van der Waals surface area contributed by atoms with E-state index in [1.54, 1.807) is 0 Å². The Morgan fingerprint density at radius 1 is 1.57 bits per heavy atom. The van der Waals surface area contributed by atoms with Crippen LogP contribution in [-0.2, 0) is 9.53 Å². The van der Waals surface area contributed by atoms with Gasteiger partial charge in [0.15, 0.2) is 0 Å². The molecular weight excluding hydrogens is 182 g/mol. The number of carboxylic acid groups (broad SMARTS) is 1. The molecule has 0 aromatic heterocycles. The summed E-state index contributed by atoms with van der Waals surface area (Å²) in [5, 5.41) is 8.77. The minimum Gasteiger partial charge on any atom is -0.480 e. The maximum Gasteiger partial charge on any atom is 0.320 e. The zero-order valence-electron chi connectivity index (χ0n) is 8.24. The fourth-order valence-corrected chi connectivity index (χ4v) is 2.43. The van der Waals surface area contributed by atoms with Crippen LogP contribution in [0, 0.1) is 11.3 Å². The first-order valence-electron chi connectivity index (χ1n) is 5.20. The van der Waals surface area contributed by atoms with Gasteiger partial charge >= 0.3 is 5.97 Å². The molecule has 1 saturated heterocycles. The molecule has 1 aliphatic carbocycles. The van der Waals surface area contributed by atoms with E-state index in [-0.39, 0.29) is 5.41 Å². The Bertz CT molecular complexity index is 234. The van der Waals surface area contributed by atoms with Crippen molar-refractivity contribution in [2.75, 3.05) is 13.2 Å². The van der Waals surface area contributed by atoms with Crippen molar-refractivity contribution < 1.29 is 14.6 Å². The van der Waals surface area contributed by atoms with Crippen LogP contribution in [0.5, 0.6) is 0 Å². The van der Waals surface area contributed by atoms with E-state index in [1.165, 1.54) is 19.3 Å². The van der Waals surface area contributed by atoms with E-state index in [1.807, 2.05) is 0 Å². The SMILES string of the molecule is NC(CC1(C2CCC2)COC1)C(=O)O. The summed E-state index contributed by atoms with van der Waals surface area (Å²) < 4.78 is 5.23. The molecular formula is C10H17NO3. The van der Waals surface area contributed by atoms with Crippen molar-refractivity contribution in [3.63, 3.8) is 0 Å². The molecule has 1 saturated carbocycles. The van der Waals surface area contributed by atoms with Gasteiger partial charge in [0.25, 0.3) is 0 Å². The lowest BCUT2D eigenvalue weighted by Crippen LogP contribution is -2.54. The molecule has 0 amide bonds. The van der Waals surface area contributed by atoms with Gasteiger partial charge in [-0.25, -0.2) is 0 Å². The molecule has 1 heterocycles. The van der Waals surface area contributed by atoms with Crippen LogP contribution in [0.2, 0.25) is 0 Å². The van der Waals surface area contributed by atoms with E-state index < -0.39 is 12.0 Å². The highest BCUT2D eigenvalue weighted by Gasteiger charge is 2.49. The summed E-state index contributed by atoms with van der Waals surface area (Å²) in [6.45, 7) is 1.41. The van der Waals surface area contributed by atoms with Crippen molar-refractivity contribution in [3.05, 3.63) is 0 Å². The molecule has 4 heteroatoms. The van der Waals surface area contributed by atoms with Crippen LogP contribution in [0.25, 0.3) is 0 Å². The number of aliphatic carboxylic acids is 1. The summed E-state index contributed by atoms with van der Waals surface area (Å²) in [5.74, 6) is -0.239. The number of ether oxygens (including phenoxy) is 1.